The first-order valence-electron chi connectivity index (χ1n) is 5.20. The zero-order chi connectivity index (χ0) is 13.1. The van der Waals surface area contributed by atoms with E-state index in [1.165, 1.54) is 6.07 Å². The maximum absolute atomic E-state index is 12.3. The molecule has 0 fully saturated rings. The smallest absolute Gasteiger partial charge is 0.454 e. The second kappa shape index (κ2) is 5.21. The van der Waals surface area contributed by atoms with E-state index in [0.29, 0.717) is 17.9 Å². The molecule has 0 amide bonds. The molecular formula is C12H13F3O2. The molecule has 0 atom stereocenters. The van der Waals surface area contributed by atoms with Gasteiger partial charge in [0.05, 0.1) is 6.61 Å². The molecule has 1 aromatic carbocycles. The van der Waals surface area contributed by atoms with E-state index >= 15 is 0 Å². The molecular weight excluding hydrogens is 233 g/mol. The summed E-state index contributed by atoms with van der Waals surface area (Å²) in [5, 5.41) is 0. The summed E-state index contributed by atoms with van der Waals surface area (Å²) < 4.78 is 42.0. The SMILES string of the molecule is CCCOc1cc(C)cc(C(=O)C(F)(F)F)c1. The summed E-state index contributed by atoms with van der Waals surface area (Å²) in [6, 6.07) is 3.93. The van der Waals surface area contributed by atoms with E-state index in [0.717, 1.165) is 12.5 Å². The summed E-state index contributed by atoms with van der Waals surface area (Å²) >= 11 is 0. The van der Waals surface area contributed by atoms with E-state index in [9.17, 15) is 18.0 Å². The van der Waals surface area contributed by atoms with Gasteiger partial charge >= 0.3 is 6.18 Å². The van der Waals surface area contributed by atoms with Crippen molar-refractivity contribution < 1.29 is 22.7 Å². The number of ketones is 1. The van der Waals surface area contributed by atoms with E-state index < -0.39 is 12.0 Å². The molecule has 1 aromatic rings. The van der Waals surface area contributed by atoms with Gasteiger partial charge in [0.25, 0.3) is 5.78 Å². The molecule has 94 valence electrons. The van der Waals surface area contributed by atoms with Crippen molar-refractivity contribution in [3.8, 4) is 5.75 Å². The van der Waals surface area contributed by atoms with Crippen molar-refractivity contribution >= 4 is 5.78 Å². The third kappa shape index (κ3) is 3.76. The molecule has 0 bridgehead atoms. The zero-order valence-corrected chi connectivity index (χ0v) is 9.60. The normalized spacial score (nSPS) is 11.4. The summed E-state index contributed by atoms with van der Waals surface area (Å²) in [5.41, 5.74) is 0.176. The van der Waals surface area contributed by atoms with Gasteiger partial charge in [-0.2, -0.15) is 13.2 Å². The molecule has 0 spiro atoms. The third-order valence-electron chi connectivity index (χ3n) is 2.04. The Morgan fingerprint density at radius 3 is 2.47 bits per heavy atom. The van der Waals surface area contributed by atoms with Gasteiger partial charge < -0.3 is 4.74 Å². The molecule has 5 heteroatoms. The van der Waals surface area contributed by atoms with Crippen LogP contribution in [-0.4, -0.2) is 18.6 Å². The highest BCUT2D eigenvalue weighted by molar-refractivity contribution is 6.00. The van der Waals surface area contributed by atoms with Crippen molar-refractivity contribution in [2.45, 2.75) is 26.4 Å². The number of aryl methyl sites for hydroxylation is 1. The number of hydrogen-bond donors (Lipinski definition) is 0. The van der Waals surface area contributed by atoms with Crippen LogP contribution in [-0.2, 0) is 0 Å². The number of alkyl halides is 3. The van der Waals surface area contributed by atoms with Gasteiger partial charge in [-0.3, -0.25) is 4.79 Å². The van der Waals surface area contributed by atoms with Crippen LogP contribution in [0.15, 0.2) is 18.2 Å². The lowest BCUT2D eigenvalue weighted by Gasteiger charge is -2.09. The van der Waals surface area contributed by atoms with Crippen LogP contribution in [0.2, 0.25) is 0 Å². The standard InChI is InChI=1S/C12H13F3O2/c1-3-4-17-10-6-8(2)5-9(7-10)11(16)12(13,14)15/h5-7H,3-4H2,1-2H3. The Bertz CT molecular complexity index is 411. The van der Waals surface area contributed by atoms with Gasteiger partial charge in [-0.15, -0.1) is 0 Å². The maximum atomic E-state index is 12.3. The van der Waals surface area contributed by atoms with Gasteiger partial charge in [0.15, 0.2) is 0 Å². The molecule has 0 aliphatic heterocycles. The Balaban J connectivity index is 3.01. The van der Waals surface area contributed by atoms with Crippen LogP contribution in [0.3, 0.4) is 0 Å². The predicted molar refractivity (Wildman–Crippen MR) is 57.4 cm³/mol. The van der Waals surface area contributed by atoms with Gasteiger partial charge in [0.1, 0.15) is 5.75 Å². The molecule has 0 aliphatic carbocycles. The predicted octanol–water partition coefficient (Wildman–Crippen LogP) is 3.53. The van der Waals surface area contributed by atoms with Crippen LogP contribution in [0.5, 0.6) is 5.75 Å². The fourth-order valence-electron chi connectivity index (χ4n) is 1.35. The van der Waals surface area contributed by atoms with Crippen LogP contribution < -0.4 is 4.74 Å². The maximum Gasteiger partial charge on any atom is 0.454 e. The molecule has 0 heterocycles. The molecule has 0 aliphatic rings. The van der Waals surface area contributed by atoms with E-state index in [1.807, 2.05) is 6.92 Å². The molecule has 17 heavy (non-hydrogen) atoms. The first-order valence-corrected chi connectivity index (χ1v) is 5.20. The number of carbonyl (C=O) groups excluding carboxylic acids is 1. The Morgan fingerprint density at radius 1 is 1.29 bits per heavy atom. The van der Waals surface area contributed by atoms with E-state index in [4.69, 9.17) is 4.74 Å². The fourth-order valence-corrected chi connectivity index (χ4v) is 1.35. The van der Waals surface area contributed by atoms with Gasteiger partial charge in [-0.1, -0.05) is 6.92 Å². The average molecular weight is 246 g/mol. The molecule has 0 saturated carbocycles. The Kier molecular flexibility index (Phi) is 4.15. The molecule has 0 radical (unpaired) electrons. The minimum absolute atomic E-state index is 0.291. The number of benzene rings is 1. The Labute approximate surface area is 97.4 Å². The summed E-state index contributed by atoms with van der Waals surface area (Å²) in [5.74, 6) is -1.55. The van der Waals surface area contributed by atoms with Crippen molar-refractivity contribution in [1.29, 1.82) is 0 Å². The number of halogens is 3. The lowest BCUT2D eigenvalue weighted by Crippen LogP contribution is -2.22. The second-order valence-electron chi connectivity index (χ2n) is 3.71. The first kappa shape index (κ1) is 13.5. The third-order valence-corrected chi connectivity index (χ3v) is 2.04. The highest BCUT2D eigenvalue weighted by Gasteiger charge is 2.39. The lowest BCUT2D eigenvalue weighted by molar-refractivity contribution is -0.0885. The second-order valence-corrected chi connectivity index (χ2v) is 3.71. The van der Waals surface area contributed by atoms with Crippen LogP contribution in [0.25, 0.3) is 0 Å². The van der Waals surface area contributed by atoms with Crippen molar-refractivity contribution in [1.82, 2.24) is 0 Å². The number of hydrogen-bond acceptors (Lipinski definition) is 2. The lowest BCUT2D eigenvalue weighted by atomic mass is 10.1. The number of carbonyl (C=O) groups is 1. The Hall–Kier alpha value is -1.52. The molecule has 0 aromatic heterocycles. The monoisotopic (exact) mass is 246 g/mol. The fraction of sp³-hybridized carbons (Fsp3) is 0.417. The summed E-state index contributed by atoms with van der Waals surface area (Å²) in [6.07, 6.45) is -4.10. The number of Topliss-reactive ketones (excluding diaryl/α,β-unsaturated/α-hetero) is 1. The van der Waals surface area contributed by atoms with E-state index in [-0.39, 0.29) is 5.56 Å². The average Bonchev–Trinajstić information content (AvgIpc) is 2.23. The minimum atomic E-state index is -4.85. The highest BCUT2D eigenvalue weighted by atomic mass is 19.4. The van der Waals surface area contributed by atoms with Crippen LogP contribution in [0, 0.1) is 6.92 Å². The zero-order valence-electron chi connectivity index (χ0n) is 9.60. The van der Waals surface area contributed by atoms with Crippen LogP contribution >= 0.6 is 0 Å². The molecule has 2 nitrogen and oxygen atoms in total. The van der Waals surface area contributed by atoms with Gasteiger partial charge in [0, 0.05) is 5.56 Å². The Morgan fingerprint density at radius 2 is 1.94 bits per heavy atom. The van der Waals surface area contributed by atoms with Gasteiger partial charge in [0.2, 0.25) is 0 Å². The minimum Gasteiger partial charge on any atom is -0.494 e. The van der Waals surface area contributed by atoms with Crippen molar-refractivity contribution in [3.05, 3.63) is 29.3 Å². The highest BCUT2D eigenvalue weighted by Crippen LogP contribution is 2.25. The van der Waals surface area contributed by atoms with Crippen LogP contribution in [0.4, 0.5) is 13.2 Å². The summed E-state index contributed by atoms with van der Waals surface area (Å²) in [6.45, 7) is 3.91. The van der Waals surface area contributed by atoms with E-state index in [2.05, 4.69) is 0 Å². The van der Waals surface area contributed by atoms with Crippen molar-refractivity contribution in [2.24, 2.45) is 0 Å². The number of ether oxygens (including phenoxy) is 1. The largest absolute Gasteiger partial charge is 0.494 e. The molecule has 0 unspecified atom stereocenters. The van der Waals surface area contributed by atoms with E-state index in [1.54, 1.807) is 13.0 Å². The van der Waals surface area contributed by atoms with Crippen molar-refractivity contribution in [3.63, 3.8) is 0 Å². The summed E-state index contributed by atoms with van der Waals surface area (Å²) in [7, 11) is 0. The van der Waals surface area contributed by atoms with Crippen LogP contribution in [0.1, 0.15) is 29.3 Å². The molecule has 0 saturated heterocycles. The number of rotatable bonds is 4. The summed E-state index contributed by atoms with van der Waals surface area (Å²) in [4.78, 5) is 11.1. The quantitative estimate of drug-likeness (QED) is 0.760. The van der Waals surface area contributed by atoms with Gasteiger partial charge in [-0.05, 0) is 37.1 Å². The van der Waals surface area contributed by atoms with Gasteiger partial charge in [-0.25, -0.2) is 0 Å². The molecule has 0 N–H and O–H groups in total. The molecule has 1 rings (SSSR count). The van der Waals surface area contributed by atoms with Crippen molar-refractivity contribution in [2.75, 3.05) is 6.61 Å². The topological polar surface area (TPSA) is 26.3 Å². The first-order chi connectivity index (χ1) is 7.84.